The molecule has 1 aliphatic rings. The van der Waals surface area contributed by atoms with Gasteiger partial charge in [0, 0.05) is 23.5 Å². The first-order chi connectivity index (χ1) is 13.2. The van der Waals surface area contributed by atoms with Gasteiger partial charge in [-0.2, -0.15) is 0 Å². The van der Waals surface area contributed by atoms with E-state index >= 15 is 0 Å². The highest BCUT2D eigenvalue weighted by Crippen LogP contribution is 2.31. The number of H-pyrrole nitrogens is 1. The highest BCUT2D eigenvalue weighted by molar-refractivity contribution is 6.05. The van der Waals surface area contributed by atoms with Crippen LogP contribution in [0.25, 0.3) is 10.9 Å². The topological polar surface area (TPSA) is 71.6 Å². The molecule has 1 atom stereocenters. The monoisotopic (exact) mass is 364 g/mol. The number of rotatable bonds is 4. The quantitative estimate of drug-likeness (QED) is 0.773. The van der Waals surface area contributed by atoms with Gasteiger partial charge in [0.1, 0.15) is 6.61 Å². The van der Waals surface area contributed by atoms with Crippen LogP contribution >= 0.6 is 0 Å². The molecule has 27 heavy (non-hydrogen) atoms. The first-order valence-electron chi connectivity index (χ1n) is 8.95. The molecule has 0 spiro atoms. The summed E-state index contributed by atoms with van der Waals surface area (Å²) in [4.78, 5) is 29.6. The van der Waals surface area contributed by atoms with Crippen molar-refractivity contribution in [3.05, 3.63) is 70.5 Å². The molecule has 2 heterocycles. The van der Waals surface area contributed by atoms with Gasteiger partial charge in [0.25, 0.3) is 5.91 Å². The molecule has 138 valence electrons. The molecule has 0 aliphatic carbocycles. The largest absolute Gasteiger partial charge is 0.486 e. The molecule has 6 heteroatoms. The van der Waals surface area contributed by atoms with E-state index in [1.807, 2.05) is 49.4 Å². The fraction of sp³-hybridized carbons (Fsp3) is 0.238. The molecule has 1 aliphatic heterocycles. The number of nitrogens with zero attached hydrogens (tertiary/aromatic N) is 1. The summed E-state index contributed by atoms with van der Waals surface area (Å²) in [5, 5.41) is 0.728. The van der Waals surface area contributed by atoms with Gasteiger partial charge in [-0.05, 0) is 25.1 Å². The standard InChI is InChI=1S/C21H20N2O4/c1-2-23(12-14-13-26-18-9-5-6-10-19(18)27-14)21(25)16-11-20(24)22-17-8-4-3-7-15(16)17/h3-11,14H,2,12-13H2,1H3,(H,22,24). The molecule has 0 bridgehead atoms. The van der Waals surface area contributed by atoms with Crippen molar-refractivity contribution in [2.75, 3.05) is 19.7 Å². The Labute approximate surface area is 156 Å². The average molecular weight is 364 g/mol. The lowest BCUT2D eigenvalue weighted by Crippen LogP contribution is -2.43. The van der Waals surface area contributed by atoms with Crippen molar-refractivity contribution in [3.63, 3.8) is 0 Å². The molecule has 1 unspecified atom stereocenters. The Bertz CT molecular complexity index is 1040. The van der Waals surface area contributed by atoms with Crippen LogP contribution < -0.4 is 15.0 Å². The summed E-state index contributed by atoms with van der Waals surface area (Å²) in [6.45, 7) is 3.16. The lowest BCUT2D eigenvalue weighted by molar-refractivity contribution is 0.0476. The van der Waals surface area contributed by atoms with E-state index in [9.17, 15) is 9.59 Å². The van der Waals surface area contributed by atoms with E-state index < -0.39 is 0 Å². The number of ether oxygens (including phenoxy) is 2. The van der Waals surface area contributed by atoms with Crippen LogP contribution in [0, 0.1) is 0 Å². The number of amides is 1. The van der Waals surface area contributed by atoms with Crippen LogP contribution in [0.4, 0.5) is 0 Å². The zero-order valence-electron chi connectivity index (χ0n) is 15.0. The SMILES string of the molecule is CCN(CC1COc2ccccc2O1)C(=O)c1cc(=O)[nH]c2ccccc12. The van der Waals surface area contributed by atoms with Gasteiger partial charge in [-0.15, -0.1) is 0 Å². The second kappa shape index (κ2) is 7.15. The zero-order chi connectivity index (χ0) is 18.8. The van der Waals surface area contributed by atoms with E-state index in [2.05, 4.69) is 4.98 Å². The number of carbonyl (C=O) groups excluding carboxylic acids is 1. The molecule has 1 aromatic heterocycles. The van der Waals surface area contributed by atoms with Crippen molar-refractivity contribution >= 4 is 16.8 Å². The van der Waals surface area contributed by atoms with Gasteiger partial charge in [-0.3, -0.25) is 9.59 Å². The number of pyridine rings is 1. The second-order valence-corrected chi connectivity index (χ2v) is 6.43. The summed E-state index contributed by atoms with van der Waals surface area (Å²) >= 11 is 0. The van der Waals surface area contributed by atoms with Gasteiger partial charge in [0.15, 0.2) is 17.6 Å². The van der Waals surface area contributed by atoms with Crippen molar-refractivity contribution in [2.45, 2.75) is 13.0 Å². The van der Waals surface area contributed by atoms with Crippen molar-refractivity contribution in [1.82, 2.24) is 9.88 Å². The summed E-state index contributed by atoms with van der Waals surface area (Å²) in [5.41, 5.74) is 0.753. The third-order valence-electron chi connectivity index (χ3n) is 4.64. The van der Waals surface area contributed by atoms with E-state index in [-0.39, 0.29) is 17.6 Å². The van der Waals surface area contributed by atoms with Gasteiger partial charge in [0.2, 0.25) is 5.56 Å². The Balaban J connectivity index is 1.59. The lowest BCUT2D eigenvalue weighted by atomic mass is 10.1. The predicted octanol–water partition coefficient (Wildman–Crippen LogP) is 2.83. The molecule has 0 saturated heterocycles. The zero-order valence-corrected chi connectivity index (χ0v) is 15.0. The maximum Gasteiger partial charge on any atom is 0.254 e. The number of benzene rings is 2. The van der Waals surface area contributed by atoms with Gasteiger partial charge in [-0.1, -0.05) is 30.3 Å². The number of hydrogen-bond acceptors (Lipinski definition) is 4. The number of nitrogens with one attached hydrogen (secondary N) is 1. The minimum atomic E-state index is -0.292. The predicted molar refractivity (Wildman–Crippen MR) is 102 cm³/mol. The number of aromatic nitrogens is 1. The second-order valence-electron chi connectivity index (χ2n) is 6.43. The Hall–Kier alpha value is -3.28. The summed E-state index contributed by atoms with van der Waals surface area (Å²) in [6.07, 6.45) is -0.267. The van der Waals surface area contributed by atoms with Crippen LogP contribution in [0.3, 0.4) is 0 Å². The highest BCUT2D eigenvalue weighted by Gasteiger charge is 2.26. The third kappa shape index (κ3) is 3.38. The first kappa shape index (κ1) is 17.1. The minimum absolute atomic E-state index is 0.192. The smallest absolute Gasteiger partial charge is 0.254 e. The van der Waals surface area contributed by atoms with Gasteiger partial charge < -0.3 is 19.4 Å². The lowest BCUT2D eigenvalue weighted by Gasteiger charge is -2.31. The van der Waals surface area contributed by atoms with Crippen molar-refractivity contribution in [3.8, 4) is 11.5 Å². The number of likely N-dealkylation sites (N-methyl/N-ethyl adjacent to an activating group) is 1. The van der Waals surface area contributed by atoms with E-state index in [0.29, 0.717) is 42.3 Å². The number of fused-ring (bicyclic) bond motifs is 2. The third-order valence-corrected chi connectivity index (χ3v) is 4.64. The Morgan fingerprint density at radius 3 is 2.70 bits per heavy atom. The Morgan fingerprint density at radius 1 is 1.15 bits per heavy atom. The van der Waals surface area contributed by atoms with Crippen molar-refractivity contribution in [2.24, 2.45) is 0 Å². The molecule has 0 saturated carbocycles. The molecular formula is C21H20N2O4. The summed E-state index contributed by atoms with van der Waals surface area (Å²) in [5.74, 6) is 1.20. The molecule has 1 amide bonds. The molecule has 1 N–H and O–H groups in total. The average Bonchev–Trinajstić information content (AvgIpc) is 2.70. The summed E-state index contributed by atoms with van der Waals surface area (Å²) in [6, 6.07) is 16.2. The van der Waals surface area contributed by atoms with E-state index in [1.54, 1.807) is 11.0 Å². The number of para-hydroxylation sites is 3. The van der Waals surface area contributed by atoms with Gasteiger partial charge in [-0.25, -0.2) is 0 Å². The molecule has 4 rings (SSSR count). The molecule has 0 radical (unpaired) electrons. The van der Waals surface area contributed by atoms with E-state index in [1.165, 1.54) is 6.07 Å². The maximum atomic E-state index is 13.1. The number of hydrogen-bond donors (Lipinski definition) is 1. The van der Waals surface area contributed by atoms with Gasteiger partial charge in [0.05, 0.1) is 12.1 Å². The molecule has 2 aromatic carbocycles. The highest BCUT2D eigenvalue weighted by atomic mass is 16.6. The van der Waals surface area contributed by atoms with Crippen LogP contribution in [-0.2, 0) is 0 Å². The maximum absolute atomic E-state index is 13.1. The van der Waals surface area contributed by atoms with Crippen LogP contribution in [-0.4, -0.2) is 41.6 Å². The fourth-order valence-electron chi connectivity index (χ4n) is 3.31. The summed E-state index contributed by atoms with van der Waals surface area (Å²) in [7, 11) is 0. The molecule has 3 aromatic rings. The normalized spacial score (nSPS) is 15.5. The first-order valence-corrected chi connectivity index (χ1v) is 8.95. The van der Waals surface area contributed by atoms with Crippen LogP contribution in [0.1, 0.15) is 17.3 Å². The van der Waals surface area contributed by atoms with Crippen LogP contribution in [0.2, 0.25) is 0 Å². The fourth-order valence-corrected chi connectivity index (χ4v) is 3.31. The Morgan fingerprint density at radius 2 is 1.89 bits per heavy atom. The molecular weight excluding hydrogens is 344 g/mol. The minimum Gasteiger partial charge on any atom is -0.486 e. The molecule has 0 fully saturated rings. The number of aromatic amines is 1. The van der Waals surface area contributed by atoms with Crippen LogP contribution in [0.5, 0.6) is 11.5 Å². The Kier molecular flexibility index (Phi) is 4.54. The number of carbonyl (C=O) groups is 1. The van der Waals surface area contributed by atoms with Crippen molar-refractivity contribution < 1.29 is 14.3 Å². The van der Waals surface area contributed by atoms with E-state index in [4.69, 9.17) is 9.47 Å². The van der Waals surface area contributed by atoms with E-state index in [0.717, 1.165) is 5.39 Å². The van der Waals surface area contributed by atoms with Crippen molar-refractivity contribution in [1.29, 1.82) is 0 Å². The van der Waals surface area contributed by atoms with Gasteiger partial charge >= 0.3 is 0 Å². The summed E-state index contributed by atoms with van der Waals surface area (Å²) < 4.78 is 11.7. The molecule has 6 nitrogen and oxygen atoms in total. The van der Waals surface area contributed by atoms with Crippen LogP contribution in [0.15, 0.2) is 59.4 Å².